The van der Waals surface area contributed by atoms with Gasteiger partial charge in [0.1, 0.15) is 29.3 Å². The predicted octanol–water partition coefficient (Wildman–Crippen LogP) is 1.07. The fraction of sp³-hybridized carbons (Fsp3) is 0.370. The van der Waals surface area contributed by atoms with Crippen LogP contribution in [0.4, 0.5) is 0 Å². The molecule has 1 heterocycles. The van der Waals surface area contributed by atoms with Crippen LogP contribution in [0.5, 0.6) is 11.5 Å². The van der Waals surface area contributed by atoms with Crippen molar-refractivity contribution in [3.63, 3.8) is 0 Å². The Balaban J connectivity index is 1.95. The summed E-state index contributed by atoms with van der Waals surface area (Å²) in [5, 5.41) is 55.8. The largest absolute Gasteiger partial charge is 0.507 e. The number of aromatic hydroxyl groups is 2. The fourth-order valence-electron chi connectivity index (χ4n) is 4.96. The second-order valence-electron chi connectivity index (χ2n) is 9.64. The van der Waals surface area contributed by atoms with Crippen molar-refractivity contribution in [2.45, 2.75) is 64.0 Å². The molecular weight excluding hydrogens is 500 g/mol. The van der Waals surface area contributed by atoms with Gasteiger partial charge >= 0.3 is 11.9 Å². The number of hydrogen-bond donors (Lipinski definition) is 5. The third kappa shape index (κ3) is 4.43. The van der Waals surface area contributed by atoms with Gasteiger partial charge in [0.25, 0.3) is 0 Å². The maximum Gasteiger partial charge on any atom is 0.331 e. The SMILES string of the molecule is CC(=O)O[C@@H]1O[C@@H]([C@]2(O)c3cccc(O)c3C(=O)c3c(O)cc(C)cc32)[C@H](O)[C@@H](OC(=O)C=C(C)C)[C@H]1O. The number of ketones is 1. The first kappa shape index (κ1) is 27.3. The van der Waals surface area contributed by atoms with Crippen molar-refractivity contribution in [1.82, 2.24) is 0 Å². The van der Waals surface area contributed by atoms with E-state index in [1.165, 1.54) is 30.3 Å². The number of hydrogen-bond acceptors (Lipinski definition) is 11. The molecule has 6 atom stereocenters. The van der Waals surface area contributed by atoms with Crippen molar-refractivity contribution in [3.8, 4) is 11.5 Å². The zero-order valence-corrected chi connectivity index (χ0v) is 21.0. The summed E-state index contributed by atoms with van der Waals surface area (Å²) in [5.74, 6) is -3.59. The molecule has 1 fully saturated rings. The molecule has 0 radical (unpaired) electrons. The number of benzene rings is 2. The third-order valence-corrected chi connectivity index (χ3v) is 6.48. The molecule has 4 rings (SSSR count). The molecule has 38 heavy (non-hydrogen) atoms. The highest BCUT2D eigenvalue weighted by Crippen LogP contribution is 2.50. The lowest BCUT2D eigenvalue weighted by Gasteiger charge is -2.49. The van der Waals surface area contributed by atoms with Crippen molar-refractivity contribution in [1.29, 1.82) is 0 Å². The number of ether oxygens (including phenoxy) is 3. The summed E-state index contributed by atoms with van der Waals surface area (Å²) >= 11 is 0. The van der Waals surface area contributed by atoms with Crippen molar-refractivity contribution in [2.75, 3.05) is 0 Å². The van der Waals surface area contributed by atoms with E-state index in [0.29, 0.717) is 11.1 Å². The highest BCUT2D eigenvalue weighted by molar-refractivity contribution is 6.16. The minimum atomic E-state index is -2.47. The second kappa shape index (κ2) is 9.84. The molecule has 1 aliphatic carbocycles. The molecule has 2 aliphatic rings. The highest BCUT2D eigenvalue weighted by atomic mass is 16.7. The molecule has 2 aromatic rings. The van der Waals surface area contributed by atoms with Gasteiger partial charge in [-0.15, -0.1) is 0 Å². The molecule has 202 valence electrons. The van der Waals surface area contributed by atoms with Gasteiger partial charge in [-0.25, -0.2) is 4.79 Å². The van der Waals surface area contributed by atoms with Gasteiger partial charge < -0.3 is 39.7 Å². The Bertz CT molecular complexity index is 1340. The Hall–Kier alpha value is -3.77. The van der Waals surface area contributed by atoms with Gasteiger partial charge in [0.15, 0.2) is 12.2 Å². The normalized spacial score (nSPS) is 28.1. The Morgan fingerprint density at radius 3 is 2.26 bits per heavy atom. The Labute approximate surface area is 217 Å². The van der Waals surface area contributed by atoms with Crippen molar-refractivity contribution in [3.05, 3.63) is 69.8 Å². The smallest absolute Gasteiger partial charge is 0.331 e. The van der Waals surface area contributed by atoms with Gasteiger partial charge in [-0.05, 0) is 38.5 Å². The summed E-state index contributed by atoms with van der Waals surface area (Å²) in [5.41, 5.74) is -2.54. The number of rotatable bonds is 4. The first-order valence-electron chi connectivity index (χ1n) is 11.7. The van der Waals surface area contributed by atoms with Crippen molar-refractivity contribution in [2.24, 2.45) is 0 Å². The summed E-state index contributed by atoms with van der Waals surface area (Å²) < 4.78 is 16.1. The summed E-state index contributed by atoms with van der Waals surface area (Å²) in [6, 6.07) is 6.57. The number of phenols is 2. The van der Waals surface area contributed by atoms with Gasteiger partial charge in [-0.1, -0.05) is 23.8 Å². The number of allylic oxidation sites excluding steroid dienone is 1. The van der Waals surface area contributed by atoms with Crippen LogP contribution in [0, 0.1) is 6.92 Å². The molecule has 0 spiro atoms. The first-order valence-corrected chi connectivity index (χ1v) is 11.7. The highest BCUT2D eigenvalue weighted by Gasteiger charge is 2.60. The number of aryl methyl sites for hydroxylation is 1. The van der Waals surface area contributed by atoms with E-state index in [1.54, 1.807) is 20.8 Å². The minimum Gasteiger partial charge on any atom is -0.507 e. The van der Waals surface area contributed by atoms with E-state index in [0.717, 1.165) is 13.0 Å². The summed E-state index contributed by atoms with van der Waals surface area (Å²) in [7, 11) is 0. The molecule has 11 nitrogen and oxygen atoms in total. The number of aliphatic hydroxyl groups is 3. The zero-order chi connectivity index (χ0) is 28.1. The maximum absolute atomic E-state index is 13.4. The standard InChI is InChI=1S/C27H28O11/c1-11(2)8-18(31)37-24-22(33)25(38-26(23(24)34)36-13(4)28)27(35)14-6-5-7-16(29)19(14)21(32)20-15(27)9-12(3)10-17(20)30/h5-10,22-26,29-30,33-35H,1-4H3/t22-,23-,24-,25-,26-,27+/m1/s1. The monoisotopic (exact) mass is 528 g/mol. The van der Waals surface area contributed by atoms with Crippen LogP contribution in [0.3, 0.4) is 0 Å². The van der Waals surface area contributed by atoms with Crippen molar-refractivity contribution >= 4 is 17.7 Å². The van der Waals surface area contributed by atoms with E-state index in [4.69, 9.17) is 14.2 Å². The molecule has 0 unspecified atom stereocenters. The van der Waals surface area contributed by atoms with Crippen LogP contribution < -0.4 is 0 Å². The predicted molar refractivity (Wildman–Crippen MR) is 129 cm³/mol. The van der Waals surface area contributed by atoms with Gasteiger partial charge in [-0.2, -0.15) is 0 Å². The van der Waals surface area contributed by atoms with E-state index in [-0.39, 0.29) is 22.3 Å². The van der Waals surface area contributed by atoms with Crippen LogP contribution in [0.15, 0.2) is 42.0 Å². The number of esters is 2. The Morgan fingerprint density at radius 1 is 0.974 bits per heavy atom. The fourth-order valence-corrected chi connectivity index (χ4v) is 4.96. The lowest BCUT2D eigenvalue weighted by molar-refractivity contribution is -0.314. The van der Waals surface area contributed by atoms with Gasteiger partial charge in [-0.3, -0.25) is 9.59 Å². The molecular formula is C27H28O11. The van der Waals surface area contributed by atoms with Crippen LogP contribution >= 0.6 is 0 Å². The molecule has 0 aromatic heterocycles. The van der Waals surface area contributed by atoms with Gasteiger partial charge in [0.2, 0.25) is 12.1 Å². The number of carbonyl (C=O) groups excluding carboxylic acids is 3. The lowest BCUT2D eigenvalue weighted by atomic mass is 9.68. The lowest BCUT2D eigenvalue weighted by Crippen LogP contribution is -2.66. The number of aliphatic hydroxyl groups excluding tert-OH is 2. The average Bonchev–Trinajstić information content (AvgIpc) is 2.80. The number of phenolic OH excluding ortho intramolecular Hbond substituents is 2. The molecule has 0 amide bonds. The first-order chi connectivity index (χ1) is 17.8. The summed E-state index contributed by atoms with van der Waals surface area (Å²) in [4.78, 5) is 37.6. The molecule has 2 aromatic carbocycles. The summed E-state index contributed by atoms with van der Waals surface area (Å²) in [6.45, 7) is 5.88. The molecule has 0 bridgehead atoms. The molecule has 1 saturated heterocycles. The van der Waals surface area contributed by atoms with E-state index in [9.17, 15) is 39.9 Å². The Morgan fingerprint density at radius 2 is 1.63 bits per heavy atom. The van der Waals surface area contributed by atoms with Gasteiger partial charge in [0.05, 0.1) is 11.1 Å². The van der Waals surface area contributed by atoms with Gasteiger partial charge in [0, 0.05) is 24.1 Å². The molecule has 5 N–H and O–H groups in total. The van der Waals surface area contributed by atoms with Crippen LogP contribution in [0.2, 0.25) is 0 Å². The molecule has 11 heteroatoms. The number of carbonyl (C=O) groups is 3. The van der Waals surface area contributed by atoms with Crippen LogP contribution in [0.25, 0.3) is 0 Å². The van der Waals surface area contributed by atoms with E-state index >= 15 is 0 Å². The zero-order valence-electron chi connectivity index (χ0n) is 21.0. The quantitative estimate of drug-likeness (QED) is 0.283. The molecule has 0 saturated carbocycles. The maximum atomic E-state index is 13.4. The Kier molecular flexibility index (Phi) is 7.06. The topological polar surface area (TPSA) is 180 Å². The van der Waals surface area contributed by atoms with Crippen LogP contribution in [0.1, 0.15) is 53.4 Å². The number of fused-ring (bicyclic) bond motifs is 2. The van der Waals surface area contributed by atoms with Crippen LogP contribution in [-0.4, -0.2) is 74.0 Å². The van der Waals surface area contributed by atoms with E-state index < -0.39 is 65.5 Å². The van der Waals surface area contributed by atoms with Crippen LogP contribution in [-0.2, 0) is 29.4 Å². The third-order valence-electron chi connectivity index (χ3n) is 6.48. The summed E-state index contributed by atoms with van der Waals surface area (Å²) in [6.07, 6.45) is -8.10. The second-order valence-corrected chi connectivity index (χ2v) is 9.64. The van der Waals surface area contributed by atoms with E-state index in [2.05, 4.69) is 0 Å². The van der Waals surface area contributed by atoms with E-state index in [1.807, 2.05) is 0 Å². The molecule has 1 aliphatic heterocycles. The average molecular weight is 529 g/mol. The van der Waals surface area contributed by atoms with Crippen molar-refractivity contribution < 1.29 is 54.1 Å². The minimum absolute atomic E-state index is 0.172.